The molecule has 1 aromatic heterocycles. The van der Waals surface area contributed by atoms with Gasteiger partial charge in [-0.05, 0) is 19.3 Å². The molecule has 7 nitrogen and oxygen atoms in total. The molecule has 0 fully saturated rings. The van der Waals surface area contributed by atoms with Crippen molar-refractivity contribution in [3.63, 3.8) is 0 Å². The highest BCUT2D eigenvalue weighted by atomic mass is 32.1. The molecule has 23 heavy (non-hydrogen) atoms. The average Bonchev–Trinajstić information content (AvgIpc) is 3.05. The first-order chi connectivity index (χ1) is 11.0. The number of carbonyl (C=O) groups is 1. The quantitative estimate of drug-likeness (QED) is 0.678. The maximum atomic E-state index is 12.3. The molecule has 0 spiro atoms. The normalized spacial score (nSPS) is 13.2. The van der Waals surface area contributed by atoms with Crippen molar-refractivity contribution in [2.45, 2.75) is 46.0 Å². The van der Waals surface area contributed by atoms with Gasteiger partial charge in [0.15, 0.2) is 0 Å². The molecule has 0 aliphatic carbocycles. The van der Waals surface area contributed by atoms with Crippen molar-refractivity contribution < 1.29 is 9.63 Å². The first-order valence-corrected chi connectivity index (χ1v) is 8.68. The molecule has 2 amide bonds. The number of amides is 2. The number of urea groups is 1. The van der Waals surface area contributed by atoms with Crippen LogP contribution in [-0.4, -0.2) is 42.0 Å². The van der Waals surface area contributed by atoms with E-state index in [2.05, 4.69) is 16.3 Å². The van der Waals surface area contributed by atoms with Crippen molar-refractivity contribution in [1.82, 2.24) is 15.3 Å². The van der Waals surface area contributed by atoms with Crippen molar-refractivity contribution in [2.24, 2.45) is 5.92 Å². The molecule has 0 radical (unpaired) electrons. The van der Waals surface area contributed by atoms with Crippen molar-refractivity contribution in [3.8, 4) is 6.07 Å². The van der Waals surface area contributed by atoms with Crippen LogP contribution in [0.25, 0.3) is 0 Å². The zero-order chi connectivity index (χ0) is 17.4. The maximum absolute atomic E-state index is 12.3. The maximum Gasteiger partial charge on any atom is 0.349 e. The highest BCUT2D eigenvalue weighted by molar-refractivity contribution is 7.15. The van der Waals surface area contributed by atoms with E-state index in [1.54, 1.807) is 14.1 Å². The van der Waals surface area contributed by atoms with E-state index in [9.17, 15) is 10.1 Å². The third-order valence-electron chi connectivity index (χ3n) is 3.61. The van der Waals surface area contributed by atoms with Crippen LogP contribution in [0.5, 0.6) is 0 Å². The molecule has 8 heteroatoms. The number of hydrogen-bond acceptors (Lipinski definition) is 6. The smallest absolute Gasteiger partial charge is 0.270 e. The highest BCUT2D eigenvalue weighted by Crippen LogP contribution is 2.34. The minimum Gasteiger partial charge on any atom is -0.270 e. The van der Waals surface area contributed by atoms with Gasteiger partial charge in [0.2, 0.25) is 5.13 Å². The number of hydroxylamine groups is 2. The zero-order valence-electron chi connectivity index (χ0n) is 14.4. The summed E-state index contributed by atoms with van der Waals surface area (Å²) < 4.78 is 0. The number of anilines is 1. The summed E-state index contributed by atoms with van der Waals surface area (Å²) in [5.41, 5.74) is 0. The van der Waals surface area contributed by atoms with Crippen LogP contribution in [0.15, 0.2) is 0 Å². The van der Waals surface area contributed by atoms with E-state index in [1.165, 1.54) is 21.3 Å². The van der Waals surface area contributed by atoms with Gasteiger partial charge in [0.1, 0.15) is 5.01 Å². The zero-order valence-corrected chi connectivity index (χ0v) is 15.3. The molecule has 2 atom stereocenters. The third kappa shape index (κ3) is 4.88. The molecule has 1 rings (SSSR count). The SMILES string of the molecule is CCCON(C)C(=O)N(C)c1nnc(C(CC)C(C#N)CC)s1. The predicted molar refractivity (Wildman–Crippen MR) is 90.1 cm³/mol. The molecule has 1 heterocycles. The molecule has 0 saturated heterocycles. The monoisotopic (exact) mass is 339 g/mol. The Balaban J connectivity index is 2.85. The van der Waals surface area contributed by atoms with E-state index < -0.39 is 0 Å². The van der Waals surface area contributed by atoms with Crippen LogP contribution >= 0.6 is 11.3 Å². The summed E-state index contributed by atoms with van der Waals surface area (Å²) in [6.07, 6.45) is 2.42. The second-order valence-corrected chi connectivity index (χ2v) is 6.24. The van der Waals surface area contributed by atoms with Gasteiger partial charge in [-0.1, -0.05) is 32.1 Å². The topological polar surface area (TPSA) is 82.3 Å². The Morgan fingerprint density at radius 3 is 2.52 bits per heavy atom. The summed E-state index contributed by atoms with van der Waals surface area (Å²) in [4.78, 5) is 19.0. The summed E-state index contributed by atoms with van der Waals surface area (Å²) >= 11 is 1.35. The van der Waals surface area contributed by atoms with Crippen LogP contribution in [0, 0.1) is 17.2 Å². The Labute approximate surface area is 141 Å². The van der Waals surface area contributed by atoms with Crippen molar-refractivity contribution in [1.29, 1.82) is 5.26 Å². The van der Waals surface area contributed by atoms with Crippen LogP contribution in [0.4, 0.5) is 9.93 Å². The lowest BCUT2D eigenvalue weighted by molar-refractivity contribution is -0.0953. The lowest BCUT2D eigenvalue weighted by Crippen LogP contribution is -2.39. The molecular weight excluding hydrogens is 314 g/mol. The Bertz CT molecular complexity index is 542. The lowest BCUT2D eigenvalue weighted by atomic mass is 9.90. The Morgan fingerprint density at radius 2 is 2.00 bits per heavy atom. The van der Waals surface area contributed by atoms with E-state index >= 15 is 0 Å². The van der Waals surface area contributed by atoms with Crippen LogP contribution in [0.1, 0.15) is 51.0 Å². The van der Waals surface area contributed by atoms with Crippen LogP contribution in [0.3, 0.4) is 0 Å². The van der Waals surface area contributed by atoms with Gasteiger partial charge in [-0.15, -0.1) is 10.2 Å². The number of nitriles is 1. The molecule has 0 bridgehead atoms. The number of carbonyl (C=O) groups excluding carboxylic acids is 1. The molecule has 1 aromatic rings. The summed E-state index contributed by atoms with van der Waals surface area (Å²) in [5, 5.41) is 20.1. The lowest BCUT2D eigenvalue weighted by Gasteiger charge is -2.21. The average molecular weight is 339 g/mol. The van der Waals surface area contributed by atoms with E-state index in [1.807, 2.05) is 20.8 Å². The Morgan fingerprint density at radius 1 is 1.30 bits per heavy atom. The number of nitrogens with zero attached hydrogens (tertiary/aromatic N) is 5. The van der Waals surface area contributed by atoms with E-state index in [0.29, 0.717) is 11.7 Å². The van der Waals surface area contributed by atoms with Crippen LogP contribution in [-0.2, 0) is 4.84 Å². The number of aromatic nitrogens is 2. The molecule has 2 unspecified atom stereocenters. The molecule has 0 aromatic carbocycles. The van der Waals surface area contributed by atoms with E-state index in [0.717, 1.165) is 24.3 Å². The van der Waals surface area contributed by atoms with Gasteiger partial charge >= 0.3 is 6.03 Å². The summed E-state index contributed by atoms with van der Waals surface area (Å²) in [5.74, 6) is -0.0359. The summed E-state index contributed by atoms with van der Waals surface area (Å²) in [6.45, 7) is 6.49. The fourth-order valence-electron chi connectivity index (χ4n) is 2.19. The Kier molecular flexibility index (Phi) is 7.92. The second kappa shape index (κ2) is 9.43. The van der Waals surface area contributed by atoms with Gasteiger partial charge in [0.05, 0.1) is 18.6 Å². The molecule has 0 N–H and O–H groups in total. The van der Waals surface area contributed by atoms with E-state index in [4.69, 9.17) is 4.84 Å². The fourth-order valence-corrected chi connectivity index (χ4v) is 3.23. The minimum absolute atomic E-state index is 0.0498. The molecule has 128 valence electrons. The van der Waals surface area contributed by atoms with Gasteiger partial charge in [-0.2, -0.15) is 5.26 Å². The third-order valence-corrected chi connectivity index (χ3v) is 4.74. The van der Waals surface area contributed by atoms with Crippen molar-refractivity contribution in [2.75, 3.05) is 25.6 Å². The molecule has 0 aliphatic rings. The highest BCUT2D eigenvalue weighted by Gasteiger charge is 2.26. The second-order valence-electron chi connectivity index (χ2n) is 5.25. The first kappa shape index (κ1) is 19.3. The summed E-state index contributed by atoms with van der Waals surface area (Å²) in [7, 11) is 3.22. The van der Waals surface area contributed by atoms with Crippen molar-refractivity contribution >= 4 is 22.5 Å². The molecule has 0 aliphatic heterocycles. The van der Waals surface area contributed by atoms with Gasteiger partial charge < -0.3 is 0 Å². The number of hydrogen-bond donors (Lipinski definition) is 0. The van der Waals surface area contributed by atoms with Gasteiger partial charge in [0, 0.05) is 20.0 Å². The van der Waals surface area contributed by atoms with Crippen LogP contribution in [0.2, 0.25) is 0 Å². The van der Waals surface area contributed by atoms with E-state index in [-0.39, 0.29) is 17.9 Å². The first-order valence-electron chi connectivity index (χ1n) is 7.87. The van der Waals surface area contributed by atoms with Gasteiger partial charge in [-0.3, -0.25) is 9.74 Å². The largest absolute Gasteiger partial charge is 0.349 e. The van der Waals surface area contributed by atoms with Crippen LogP contribution < -0.4 is 4.90 Å². The molecule has 0 saturated carbocycles. The Hall–Kier alpha value is -1.72. The van der Waals surface area contributed by atoms with Crippen molar-refractivity contribution in [3.05, 3.63) is 5.01 Å². The predicted octanol–water partition coefficient (Wildman–Crippen LogP) is 3.41. The van der Waals surface area contributed by atoms with Gasteiger partial charge in [0.25, 0.3) is 0 Å². The minimum atomic E-state index is -0.304. The molecular formula is C15H25N5O2S. The standard InChI is InChI=1S/C15H25N5O2S/c1-6-9-22-20(5)15(21)19(4)14-18-17-13(23-14)12(8-3)11(7-2)10-16/h11-12H,6-9H2,1-5H3. The number of rotatable bonds is 8. The van der Waals surface area contributed by atoms with Gasteiger partial charge in [-0.25, -0.2) is 9.86 Å². The fraction of sp³-hybridized carbons (Fsp3) is 0.733. The summed E-state index contributed by atoms with van der Waals surface area (Å²) in [6, 6.07) is 2.03.